The van der Waals surface area contributed by atoms with Gasteiger partial charge in [-0.05, 0) is 55.7 Å². The van der Waals surface area contributed by atoms with Crippen LogP contribution >= 0.6 is 11.6 Å². The van der Waals surface area contributed by atoms with Gasteiger partial charge in [0.15, 0.2) is 17.1 Å². The van der Waals surface area contributed by atoms with Crippen molar-refractivity contribution in [2.24, 2.45) is 0 Å². The van der Waals surface area contributed by atoms with E-state index in [9.17, 15) is 4.79 Å². The van der Waals surface area contributed by atoms with Crippen molar-refractivity contribution in [1.29, 1.82) is 0 Å². The lowest BCUT2D eigenvalue weighted by Crippen LogP contribution is -2.23. The number of aryl methyl sites for hydroxylation is 2. The molecule has 5 rings (SSSR count). The molecule has 0 radical (unpaired) electrons. The molecular formula is C25H23ClN4O3. The van der Waals surface area contributed by atoms with Gasteiger partial charge in [-0.15, -0.1) is 0 Å². The predicted molar refractivity (Wildman–Crippen MR) is 126 cm³/mol. The van der Waals surface area contributed by atoms with Crippen molar-refractivity contribution < 1.29 is 14.3 Å². The molecule has 33 heavy (non-hydrogen) atoms. The molecule has 0 fully saturated rings. The molecule has 0 spiro atoms. The van der Waals surface area contributed by atoms with E-state index in [1.165, 1.54) is 0 Å². The van der Waals surface area contributed by atoms with Crippen molar-refractivity contribution >= 4 is 23.2 Å². The quantitative estimate of drug-likeness (QED) is 0.451. The summed E-state index contributed by atoms with van der Waals surface area (Å²) in [6.07, 6.45) is 0.953. The molecule has 1 aliphatic heterocycles. The summed E-state index contributed by atoms with van der Waals surface area (Å²) in [5.41, 5.74) is 6.49. The van der Waals surface area contributed by atoms with Crippen LogP contribution in [0.5, 0.6) is 11.5 Å². The minimum absolute atomic E-state index is 0.0196. The highest BCUT2D eigenvalue weighted by atomic mass is 35.5. The average molecular weight is 463 g/mol. The van der Waals surface area contributed by atoms with E-state index in [1.54, 1.807) is 0 Å². The number of ether oxygens (including phenoxy) is 2. The van der Waals surface area contributed by atoms with E-state index in [-0.39, 0.29) is 12.7 Å². The van der Waals surface area contributed by atoms with Crippen LogP contribution < -0.4 is 14.8 Å². The molecule has 0 aliphatic carbocycles. The van der Waals surface area contributed by atoms with Crippen LogP contribution in [0, 0.1) is 13.8 Å². The number of rotatable bonds is 6. The largest absolute Gasteiger partial charge is 0.454 e. The second-order valence-corrected chi connectivity index (χ2v) is 8.47. The van der Waals surface area contributed by atoms with Crippen molar-refractivity contribution in [1.82, 2.24) is 19.9 Å². The number of benzene rings is 2. The topological polar surface area (TPSA) is 77.8 Å². The fourth-order valence-corrected chi connectivity index (χ4v) is 4.15. The maximum Gasteiger partial charge on any atom is 0.231 e. The molecule has 168 valence electrons. The van der Waals surface area contributed by atoms with E-state index in [2.05, 4.69) is 5.32 Å². The Morgan fingerprint density at radius 3 is 2.70 bits per heavy atom. The molecule has 1 aliphatic rings. The van der Waals surface area contributed by atoms with Crippen LogP contribution in [0.3, 0.4) is 0 Å². The van der Waals surface area contributed by atoms with E-state index in [4.69, 9.17) is 31.2 Å². The Balaban J connectivity index is 1.27. The molecule has 1 amide bonds. The summed E-state index contributed by atoms with van der Waals surface area (Å²) < 4.78 is 12.6. The van der Waals surface area contributed by atoms with Crippen molar-refractivity contribution in [2.75, 3.05) is 6.79 Å². The zero-order valence-corrected chi connectivity index (χ0v) is 19.1. The average Bonchev–Trinajstić information content (AvgIpc) is 3.44. The lowest BCUT2D eigenvalue weighted by molar-refractivity contribution is -0.121. The number of fused-ring (bicyclic) bond motifs is 2. The van der Waals surface area contributed by atoms with Crippen LogP contribution in [-0.4, -0.2) is 27.3 Å². The summed E-state index contributed by atoms with van der Waals surface area (Å²) in [7, 11) is 0. The Morgan fingerprint density at radius 1 is 1.09 bits per heavy atom. The maximum atomic E-state index is 12.5. The first-order chi connectivity index (χ1) is 16.0. The number of carbonyl (C=O) groups excluding carboxylic acids is 1. The summed E-state index contributed by atoms with van der Waals surface area (Å²) in [5.74, 6) is 1.43. The Bertz CT molecular complexity index is 1350. The van der Waals surface area contributed by atoms with Crippen LogP contribution in [0.25, 0.3) is 16.9 Å². The van der Waals surface area contributed by atoms with Crippen molar-refractivity contribution in [3.8, 4) is 22.8 Å². The second kappa shape index (κ2) is 8.75. The Labute approximate surface area is 196 Å². The van der Waals surface area contributed by atoms with Gasteiger partial charge in [-0.2, -0.15) is 5.10 Å². The zero-order valence-electron chi connectivity index (χ0n) is 18.4. The molecule has 1 N–H and O–H groups in total. The minimum Gasteiger partial charge on any atom is -0.454 e. The number of amides is 1. The molecule has 0 saturated carbocycles. The molecule has 4 aromatic rings. The zero-order chi connectivity index (χ0) is 22.9. The van der Waals surface area contributed by atoms with Crippen LogP contribution in [0.1, 0.15) is 28.9 Å². The van der Waals surface area contributed by atoms with Gasteiger partial charge in [0.05, 0.1) is 5.69 Å². The molecule has 2 aromatic carbocycles. The van der Waals surface area contributed by atoms with E-state index in [0.29, 0.717) is 30.2 Å². The van der Waals surface area contributed by atoms with Gasteiger partial charge in [-0.3, -0.25) is 4.79 Å². The number of nitrogens with one attached hydrogen (secondary N) is 1. The SMILES string of the molecule is Cc1nc2cc(-c3ccc(Cl)cc3)nn2c(C)c1CCC(=O)NCc1ccc2c(c1)OCO2. The van der Waals surface area contributed by atoms with Crippen LogP contribution in [-0.2, 0) is 17.8 Å². The highest BCUT2D eigenvalue weighted by Crippen LogP contribution is 2.32. The summed E-state index contributed by atoms with van der Waals surface area (Å²) >= 11 is 6.00. The number of hydrogen-bond donors (Lipinski definition) is 1. The first-order valence-electron chi connectivity index (χ1n) is 10.7. The van der Waals surface area contributed by atoms with Gasteiger partial charge in [0, 0.05) is 41.0 Å². The first-order valence-corrected chi connectivity index (χ1v) is 11.1. The van der Waals surface area contributed by atoms with E-state index in [1.807, 2.05) is 66.9 Å². The van der Waals surface area contributed by atoms with Crippen molar-refractivity contribution in [2.45, 2.75) is 33.2 Å². The third-order valence-corrected chi connectivity index (χ3v) is 6.08. The minimum atomic E-state index is -0.0196. The van der Waals surface area contributed by atoms with Gasteiger partial charge in [-0.25, -0.2) is 9.50 Å². The lowest BCUT2D eigenvalue weighted by atomic mass is 10.1. The third-order valence-electron chi connectivity index (χ3n) is 5.83. The summed E-state index contributed by atoms with van der Waals surface area (Å²) in [6.45, 7) is 4.66. The van der Waals surface area contributed by atoms with Crippen LogP contribution in [0.15, 0.2) is 48.5 Å². The second-order valence-electron chi connectivity index (χ2n) is 8.03. The van der Waals surface area contributed by atoms with E-state index < -0.39 is 0 Å². The monoisotopic (exact) mass is 462 g/mol. The highest BCUT2D eigenvalue weighted by molar-refractivity contribution is 6.30. The molecule has 2 aromatic heterocycles. The number of aromatic nitrogens is 3. The number of nitrogens with zero attached hydrogens (tertiary/aromatic N) is 3. The standard InChI is InChI=1S/C25H23ClN4O3/c1-15-20(8-10-25(31)27-13-17-3-9-22-23(11-17)33-14-32-22)16(2)30-24(28-15)12-21(29-30)18-4-6-19(26)7-5-18/h3-7,9,11-12H,8,10,13-14H2,1-2H3,(H,27,31). The summed E-state index contributed by atoms with van der Waals surface area (Å²) in [5, 5.41) is 8.40. The van der Waals surface area contributed by atoms with E-state index >= 15 is 0 Å². The third kappa shape index (κ3) is 4.36. The Hall–Kier alpha value is -3.58. The van der Waals surface area contributed by atoms with Gasteiger partial charge < -0.3 is 14.8 Å². The Morgan fingerprint density at radius 2 is 1.88 bits per heavy atom. The fourth-order valence-electron chi connectivity index (χ4n) is 4.03. The fraction of sp³-hybridized carbons (Fsp3) is 0.240. The van der Waals surface area contributed by atoms with Gasteiger partial charge in [0.25, 0.3) is 0 Å². The van der Waals surface area contributed by atoms with Gasteiger partial charge >= 0.3 is 0 Å². The number of carbonyl (C=O) groups is 1. The van der Waals surface area contributed by atoms with Crippen molar-refractivity contribution in [3.05, 3.63) is 76.1 Å². The smallest absolute Gasteiger partial charge is 0.231 e. The van der Waals surface area contributed by atoms with Crippen molar-refractivity contribution in [3.63, 3.8) is 0 Å². The number of halogens is 1. The van der Waals surface area contributed by atoms with Crippen LogP contribution in [0.2, 0.25) is 5.02 Å². The summed E-state index contributed by atoms with van der Waals surface area (Å²) in [6, 6.07) is 15.2. The molecule has 0 saturated heterocycles. The molecule has 8 heteroatoms. The summed E-state index contributed by atoms with van der Waals surface area (Å²) in [4.78, 5) is 17.2. The van der Waals surface area contributed by atoms with Gasteiger partial charge in [0.2, 0.25) is 12.7 Å². The predicted octanol–water partition coefficient (Wildman–Crippen LogP) is 4.64. The van der Waals surface area contributed by atoms with Gasteiger partial charge in [-0.1, -0.05) is 29.8 Å². The molecule has 3 heterocycles. The van der Waals surface area contributed by atoms with Crippen LogP contribution in [0.4, 0.5) is 0 Å². The number of hydrogen-bond acceptors (Lipinski definition) is 5. The Kier molecular flexibility index (Phi) is 5.64. The highest BCUT2D eigenvalue weighted by Gasteiger charge is 2.16. The van der Waals surface area contributed by atoms with Gasteiger partial charge in [0.1, 0.15) is 0 Å². The van der Waals surface area contributed by atoms with E-state index in [0.717, 1.165) is 45.2 Å². The maximum absolute atomic E-state index is 12.5. The molecule has 0 atom stereocenters. The molecular weight excluding hydrogens is 440 g/mol. The molecule has 7 nitrogen and oxygen atoms in total. The first kappa shape index (κ1) is 21.3. The normalized spacial score (nSPS) is 12.3. The lowest BCUT2D eigenvalue weighted by Gasteiger charge is -2.11. The molecule has 0 bridgehead atoms. The molecule has 0 unspecified atom stereocenters.